The van der Waals surface area contributed by atoms with Crippen molar-refractivity contribution < 1.29 is 4.79 Å². The van der Waals surface area contributed by atoms with Gasteiger partial charge in [0.25, 0.3) is 11.5 Å². The predicted molar refractivity (Wildman–Crippen MR) is 86.6 cm³/mol. The first kappa shape index (κ1) is 14.6. The summed E-state index contributed by atoms with van der Waals surface area (Å²) in [5.41, 5.74) is 0.223. The number of H-pyrrole nitrogens is 2. The third kappa shape index (κ3) is 2.55. The molecule has 0 bridgehead atoms. The fourth-order valence-corrected chi connectivity index (χ4v) is 3.13. The van der Waals surface area contributed by atoms with Crippen LogP contribution in [0.15, 0.2) is 35.4 Å². The van der Waals surface area contributed by atoms with Crippen LogP contribution in [0.25, 0.3) is 10.9 Å². The van der Waals surface area contributed by atoms with Crippen LogP contribution < -0.4 is 5.56 Å². The lowest BCUT2D eigenvalue weighted by atomic mass is 9.97. The third-order valence-electron chi connectivity index (χ3n) is 4.34. The van der Waals surface area contributed by atoms with Gasteiger partial charge in [0.05, 0.1) is 10.9 Å². The second kappa shape index (κ2) is 5.88. The first-order chi connectivity index (χ1) is 11.7. The molecule has 4 rings (SSSR count). The normalized spacial score (nSPS) is 18.0. The van der Waals surface area contributed by atoms with E-state index in [0.29, 0.717) is 24.0 Å². The van der Waals surface area contributed by atoms with Gasteiger partial charge in [-0.1, -0.05) is 12.1 Å². The fourth-order valence-electron chi connectivity index (χ4n) is 3.13. The van der Waals surface area contributed by atoms with Gasteiger partial charge < -0.3 is 9.88 Å². The van der Waals surface area contributed by atoms with Gasteiger partial charge in [0.1, 0.15) is 12.2 Å². The fraction of sp³-hybridized carbons (Fsp3) is 0.312. The van der Waals surface area contributed by atoms with Crippen molar-refractivity contribution in [1.82, 2.24) is 30.0 Å². The number of aromatic amines is 2. The van der Waals surface area contributed by atoms with Gasteiger partial charge in [0.15, 0.2) is 5.82 Å². The summed E-state index contributed by atoms with van der Waals surface area (Å²) in [6.07, 6.45) is 3.29. The first-order valence-electron chi connectivity index (χ1n) is 7.86. The summed E-state index contributed by atoms with van der Waals surface area (Å²) in [5, 5.41) is 7.22. The highest BCUT2D eigenvalue weighted by molar-refractivity contribution is 5.92. The van der Waals surface area contributed by atoms with Crippen LogP contribution in [-0.2, 0) is 0 Å². The molecule has 0 spiro atoms. The molecule has 0 radical (unpaired) electrons. The minimum absolute atomic E-state index is 0.0805. The number of nitrogens with one attached hydrogen (secondary N) is 2. The number of nitrogens with zero attached hydrogens (tertiary/aromatic N) is 4. The van der Waals surface area contributed by atoms with Crippen LogP contribution in [-0.4, -0.2) is 49.0 Å². The van der Waals surface area contributed by atoms with Crippen molar-refractivity contribution in [2.45, 2.75) is 18.8 Å². The molecule has 24 heavy (non-hydrogen) atoms. The van der Waals surface area contributed by atoms with Gasteiger partial charge in [-0.3, -0.25) is 14.7 Å². The van der Waals surface area contributed by atoms with Gasteiger partial charge in [0, 0.05) is 19.0 Å². The Morgan fingerprint density at radius 3 is 3.00 bits per heavy atom. The second-order valence-corrected chi connectivity index (χ2v) is 5.89. The molecule has 0 saturated carbocycles. The van der Waals surface area contributed by atoms with Crippen LogP contribution in [0.5, 0.6) is 0 Å². The van der Waals surface area contributed by atoms with Crippen LogP contribution in [0.2, 0.25) is 0 Å². The number of rotatable bonds is 2. The van der Waals surface area contributed by atoms with E-state index in [1.54, 1.807) is 29.2 Å². The van der Waals surface area contributed by atoms with E-state index in [1.165, 1.54) is 6.33 Å². The number of hydrogen-bond donors (Lipinski definition) is 2. The van der Waals surface area contributed by atoms with Crippen molar-refractivity contribution >= 4 is 16.8 Å². The Morgan fingerprint density at radius 1 is 1.29 bits per heavy atom. The number of fused-ring (bicyclic) bond motifs is 1. The molecule has 1 amide bonds. The molecule has 8 heteroatoms. The van der Waals surface area contributed by atoms with E-state index in [9.17, 15) is 9.59 Å². The van der Waals surface area contributed by atoms with Gasteiger partial charge in [-0.05, 0) is 25.0 Å². The van der Waals surface area contributed by atoms with Crippen LogP contribution in [0.3, 0.4) is 0 Å². The number of piperidine rings is 1. The molecule has 122 valence electrons. The number of carbonyl (C=O) groups excluding carboxylic acids is 1. The SMILES string of the molecule is O=C(c1nc2ccccc2c(=O)[nH]1)N1CCC[C@@H](c2ncn[nH]2)C1. The monoisotopic (exact) mass is 324 g/mol. The van der Waals surface area contributed by atoms with Crippen LogP contribution >= 0.6 is 0 Å². The van der Waals surface area contributed by atoms with Gasteiger partial charge >= 0.3 is 0 Å². The lowest BCUT2D eigenvalue weighted by Crippen LogP contribution is -2.40. The standard InChI is InChI=1S/C16H16N6O2/c23-15-11-5-1-2-6-12(11)19-14(20-15)16(24)22-7-3-4-10(8-22)13-17-9-18-21-13/h1-2,5-6,9-10H,3-4,7-8H2,(H,17,18,21)(H,19,20,23)/t10-/m1/s1. The highest BCUT2D eigenvalue weighted by atomic mass is 16.2. The quantitative estimate of drug-likeness (QED) is 0.733. The molecular weight excluding hydrogens is 308 g/mol. The maximum atomic E-state index is 12.8. The van der Waals surface area contributed by atoms with Crippen molar-refractivity contribution in [2.75, 3.05) is 13.1 Å². The molecule has 1 atom stereocenters. The van der Waals surface area contributed by atoms with Gasteiger partial charge in [0.2, 0.25) is 0 Å². The lowest BCUT2D eigenvalue weighted by Gasteiger charge is -2.31. The molecule has 1 aromatic carbocycles. The number of carbonyl (C=O) groups is 1. The molecule has 1 aliphatic rings. The largest absolute Gasteiger partial charge is 0.335 e. The summed E-state index contributed by atoms with van der Waals surface area (Å²) >= 11 is 0. The molecule has 0 unspecified atom stereocenters. The number of benzene rings is 1. The Kier molecular flexibility index (Phi) is 3.56. The summed E-state index contributed by atoms with van der Waals surface area (Å²) in [5.74, 6) is 0.726. The van der Waals surface area contributed by atoms with E-state index in [1.807, 2.05) is 0 Å². The molecule has 1 saturated heterocycles. The summed E-state index contributed by atoms with van der Waals surface area (Å²) in [6, 6.07) is 6.99. The van der Waals surface area contributed by atoms with E-state index in [2.05, 4.69) is 25.1 Å². The van der Waals surface area contributed by atoms with Crippen LogP contribution in [0, 0.1) is 0 Å². The number of aromatic nitrogens is 5. The van der Waals surface area contributed by atoms with E-state index >= 15 is 0 Å². The minimum Gasteiger partial charge on any atom is -0.335 e. The number of amides is 1. The molecular formula is C16H16N6O2. The molecule has 8 nitrogen and oxygen atoms in total. The number of para-hydroxylation sites is 1. The van der Waals surface area contributed by atoms with Crippen LogP contribution in [0.1, 0.15) is 35.2 Å². The van der Waals surface area contributed by atoms with Crippen molar-refractivity contribution in [3.63, 3.8) is 0 Å². The van der Waals surface area contributed by atoms with Crippen molar-refractivity contribution in [1.29, 1.82) is 0 Å². The Hall–Kier alpha value is -3.03. The zero-order valence-electron chi connectivity index (χ0n) is 12.9. The summed E-state index contributed by atoms with van der Waals surface area (Å²) < 4.78 is 0. The average molecular weight is 324 g/mol. The van der Waals surface area contributed by atoms with Crippen LogP contribution in [0.4, 0.5) is 0 Å². The van der Waals surface area contributed by atoms with E-state index in [0.717, 1.165) is 18.7 Å². The summed E-state index contributed by atoms with van der Waals surface area (Å²) in [6.45, 7) is 1.17. The van der Waals surface area contributed by atoms with E-state index in [4.69, 9.17) is 0 Å². The zero-order valence-corrected chi connectivity index (χ0v) is 12.9. The van der Waals surface area contributed by atoms with Gasteiger partial charge in [-0.2, -0.15) is 5.10 Å². The molecule has 1 aliphatic heterocycles. The third-order valence-corrected chi connectivity index (χ3v) is 4.34. The predicted octanol–water partition coefficient (Wildman–Crippen LogP) is 1.06. The number of hydrogen-bond acceptors (Lipinski definition) is 5. The maximum Gasteiger partial charge on any atom is 0.289 e. The smallest absolute Gasteiger partial charge is 0.289 e. The molecule has 2 aromatic heterocycles. The van der Waals surface area contributed by atoms with Crippen molar-refractivity contribution in [3.05, 3.63) is 52.6 Å². The average Bonchev–Trinajstić information content (AvgIpc) is 3.16. The Bertz CT molecular complexity index is 933. The molecule has 2 N–H and O–H groups in total. The van der Waals surface area contributed by atoms with Gasteiger partial charge in [-0.15, -0.1) is 0 Å². The summed E-state index contributed by atoms with van der Waals surface area (Å²) in [4.78, 5) is 37.7. The zero-order chi connectivity index (χ0) is 16.5. The highest BCUT2D eigenvalue weighted by Crippen LogP contribution is 2.24. The molecule has 0 aliphatic carbocycles. The topological polar surface area (TPSA) is 108 Å². The number of likely N-dealkylation sites (tertiary alicyclic amines) is 1. The maximum absolute atomic E-state index is 12.8. The van der Waals surface area contributed by atoms with E-state index < -0.39 is 0 Å². The molecule has 1 fully saturated rings. The Morgan fingerprint density at radius 2 is 2.17 bits per heavy atom. The highest BCUT2D eigenvalue weighted by Gasteiger charge is 2.28. The van der Waals surface area contributed by atoms with Crippen molar-refractivity contribution in [2.24, 2.45) is 0 Å². The van der Waals surface area contributed by atoms with Crippen molar-refractivity contribution in [3.8, 4) is 0 Å². The van der Waals surface area contributed by atoms with E-state index in [-0.39, 0.29) is 23.2 Å². The second-order valence-electron chi connectivity index (χ2n) is 5.89. The van der Waals surface area contributed by atoms with Gasteiger partial charge in [-0.25, -0.2) is 9.97 Å². The molecule has 3 aromatic rings. The molecule has 3 heterocycles. The lowest BCUT2D eigenvalue weighted by molar-refractivity contribution is 0.0692. The summed E-state index contributed by atoms with van der Waals surface area (Å²) in [7, 11) is 0. The minimum atomic E-state index is -0.298. The Balaban J connectivity index is 1.62. The Labute approximate surface area is 136 Å². The first-order valence-corrected chi connectivity index (χ1v) is 7.86.